The van der Waals surface area contributed by atoms with Gasteiger partial charge in [-0.2, -0.15) is 5.26 Å². The van der Waals surface area contributed by atoms with E-state index in [0.29, 0.717) is 13.0 Å². The first-order chi connectivity index (χ1) is 14.7. The number of methoxy groups -OCH3 is 1. The summed E-state index contributed by atoms with van der Waals surface area (Å²) in [7, 11) is 1.43. The predicted molar refractivity (Wildman–Crippen MR) is 103 cm³/mol. The van der Waals surface area contributed by atoms with E-state index in [1.165, 1.54) is 14.0 Å². The fourth-order valence-corrected chi connectivity index (χ4v) is 5.26. The fourth-order valence-electron chi connectivity index (χ4n) is 5.26. The fraction of sp³-hybridized carbons (Fsp3) is 0.550. The minimum Gasteiger partial charge on any atom is -0.449 e. The molecule has 3 aliphatic heterocycles. The van der Waals surface area contributed by atoms with E-state index >= 15 is 0 Å². The Labute approximate surface area is 178 Å². The molecule has 4 N–H and O–H groups in total. The van der Waals surface area contributed by atoms with Crippen molar-refractivity contribution >= 4 is 23.6 Å². The quantitative estimate of drug-likeness (QED) is 0.314. The minimum absolute atomic E-state index is 0.124. The Morgan fingerprint density at radius 2 is 2.03 bits per heavy atom. The third kappa shape index (κ3) is 2.68. The smallest absolute Gasteiger partial charge is 0.404 e. The highest BCUT2D eigenvalue weighted by Crippen LogP contribution is 2.59. The topological polar surface area (TPSA) is 169 Å². The third-order valence-corrected chi connectivity index (χ3v) is 6.66. The third-order valence-electron chi connectivity index (χ3n) is 6.66. The number of hydrogen-bond donors (Lipinski definition) is 2. The normalized spacial score (nSPS) is 30.8. The number of allylic oxidation sites excluding steroid dienone is 2. The second kappa shape index (κ2) is 7.09. The van der Waals surface area contributed by atoms with Gasteiger partial charge in [-0.05, 0) is 13.3 Å². The lowest BCUT2D eigenvalue weighted by Gasteiger charge is -2.41. The number of carbonyl (C=O) groups is 4. The second-order valence-electron chi connectivity index (χ2n) is 8.03. The number of ketones is 2. The van der Waals surface area contributed by atoms with Gasteiger partial charge in [0.25, 0.3) is 0 Å². The van der Waals surface area contributed by atoms with Gasteiger partial charge in [-0.15, -0.1) is 0 Å². The first kappa shape index (κ1) is 20.9. The Kier molecular flexibility index (Phi) is 4.77. The van der Waals surface area contributed by atoms with Gasteiger partial charge in [-0.25, -0.2) is 4.79 Å². The number of piperazine rings is 1. The van der Waals surface area contributed by atoms with Crippen molar-refractivity contribution in [2.24, 2.45) is 17.4 Å². The maximum absolute atomic E-state index is 13.1. The molecular weight excluding hydrogens is 406 g/mol. The van der Waals surface area contributed by atoms with Crippen LogP contribution in [-0.4, -0.2) is 71.4 Å². The first-order valence-electron chi connectivity index (χ1n) is 9.95. The lowest BCUT2D eigenvalue weighted by atomic mass is 9.82. The minimum atomic E-state index is -1.26. The van der Waals surface area contributed by atoms with Gasteiger partial charge in [0.1, 0.15) is 12.6 Å². The number of fused-ring (bicyclic) bond motifs is 4. The molecule has 0 bridgehead atoms. The molecule has 2 fully saturated rings. The maximum atomic E-state index is 13.1. The van der Waals surface area contributed by atoms with Crippen LogP contribution in [0, 0.1) is 17.2 Å². The lowest BCUT2D eigenvalue weighted by molar-refractivity contribution is -0.153. The van der Waals surface area contributed by atoms with Crippen LogP contribution >= 0.6 is 0 Å². The summed E-state index contributed by atoms with van der Waals surface area (Å²) < 4.78 is 11.0. The number of primary amides is 1. The molecule has 3 heterocycles. The molecule has 0 spiro atoms. The largest absolute Gasteiger partial charge is 0.449 e. The molecule has 0 saturated carbocycles. The van der Waals surface area contributed by atoms with Crippen molar-refractivity contribution in [3.8, 4) is 6.07 Å². The van der Waals surface area contributed by atoms with Crippen LogP contribution in [0.2, 0.25) is 0 Å². The van der Waals surface area contributed by atoms with E-state index in [2.05, 4.69) is 0 Å². The van der Waals surface area contributed by atoms with Crippen molar-refractivity contribution in [2.75, 3.05) is 20.3 Å². The van der Waals surface area contributed by atoms with Gasteiger partial charge >= 0.3 is 6.09 Å². The summed E-state index contributed by atoms with van der Waals surface area (Å²) in [6, 6.07) is 1.35. The molecular formula is C20H23N5O6. The summed E-state index contributed by atoms with van der Waals surface area (Å²) in [5.41, 5.74) is 10.1. The van der Waals surface area contributed by atoms with E-state index in [0.717, 1.165) is 0 Å². The lowest BCUT2D eigenvalue weighted by Crippen LogP contribution is -2.56. The number of nitrogens with two attached hydrogens (primary N) is 2. The number of rotatable bonds is 6. The molecule has 164 valence electrons. The monoisotopic (exact) mass is 429 g/mol. The zero-order valence-corrected chi connectivity index (χ0v) is 17.2. The summed E-state index contributed by atoms with van der Waals surface area (Å²) in [6.07, 6.45) is -0.110. The Bertz CT molecular complexity index is 1010. The number of hydrogen-bond acceptors (Lipinski definition) is 9. The first-order valence-corrected chi connectivity index (χ1v) is 9.95. The molecule has 2 saturated heterocycles. The zero-order valence-electron chi connectivity index (χ0n) is 17.2. The van der Waals surface area contributed by atoms with Crippen LogP contribution in [0.25, 0.3) is 0 Å². The van der Waals surface area contributed by atoms with E-state index in [4.69, 9.17) is 26.2 Å². The highest BCUT2D eigenvalue weighted by atomic mass is 16.6. The molecule has 1 aliphatic carbocycles. The van der Waals surface area contributed by atoms with Crippen molar-refractivity contribution < 1.29 is 28.7 Å². The molecule has 31 heavy (non-hydrogen) atoms. The number of carbonyl (C=O) groups excluding carboxylic acids is 4. The van der Waals surface area contributed by atoms with Gasteiger partial charge in [0, 0.05) is 37.6 Å². The highest BCUT2D eigenvalue weighted by molar-refractivity contribution is 6.25. The predicted octanol–water partition coefficient (Wildman–Crippen LogP) is -0.718. The summed E-state index contributed by atoms with van der Waals surface area (Å²) in [6.45, 7) is 1.48. The van der Waals surface area contributed by atoms with Crippen molar-refractivity contribution in [1.82, 2.24) is 9.80 Å². The Morgan fingerprint density at radius 3 is 2.65 bits per heavy atom. The van der Waals surface area contributed by atoms with Crippen LogP contribution < -0.4 is 11.5 Å². The van der Waals surface area contributed by atoms with Crippen molar-refractivity contribution in [2.45, 2.75) is 44.0 Å². The molecule has 11 heteroatoms. The van der Waals surface area contributed by atoms with E-state index in [1.54, 1.807) is 9.80 Å². The number of ether oxygens (including phenoxy) is 2. The average molecular weight is 429 g/mol. The second-order valence-corrected chi connectivity index (χ2v) is 8.03. The molecule has 1 unspecified atom stereocenters. The molecule has 11 nitrogen and oxygen atoms in total. The molecule has 4 aliphatic rings. The van der Waals surface area contributed by atoms with Crippen LogP contribution in [0.4, 0.5) is 4.79 Å². The van der Waals surface area contributed by atoms with E-state index < -0.39 is 29.6 Å². The summed E-state index contributed by atoms with van der Waals surface area (Å²) in [5.74, 6) is -1.88. The van der Waals surface area contributed by atoms with Gasteiger partial charge in [0.15, 0.2) is 5.72 Å². The highest BCUT2D eigenvalue weighted by Gasteiger charge is 2.77. The molecule has 0 aromatic heterocycles. The zero-order chi connectivity index (χ0) is 22.7. The van der Waals surface area contributed by atoms with Crippen LogP contribution in [0.5, 0.6) is 0 Å². The van der Waals surface area contributed by atoms with Gasteiger partial charge in [-0.1, -0.05) is 0 Å². The van der Waals surface area contributed by atoms with Crippen molar-refractivity contribution in [3.05, 3.63) is 22.5 Å². The van der Waals surface area contributed by atoms with Crippen molar-refractivity contribution in [1.29, 1.82) is 5.26 Å². The average Bonchev–Trinajstić information content (AvgIpc) is 3.25. The summed E-state index contributed by atoms with van der Waals surface area (Å²) in [5, 5.41) is 8.71. The Morgan fingerprint density at radius 1 is 1.32 bits per heavy atom. The molecule has 2 amide bonds. The standard InChI is InChI=1S/C20H23N5O6/c1-9-14(22)17(28)13-10(8-31-19(23)29)20(30-2)18-11(7-24(20)15(13)16(9)27)25(18)12(26)5-3-4-6-21/h10-11,18H,3-5,7-8,22H2,1-2H3,(H2,23,29)/t10-,11?,18+,20-,25?/m1/s1. The number of unbranched alkanes of at least 4 members (excludes halogenated alkanes) is 1. The molecule has 4 rings (SSSR count). The Balaban J connectivity index is 1.72. The number of nitrogens with zero attached hydrogens (tertiary/aromatic N) is 3. The Hall–Kier alpha value is -3.39. The molecule has 4 atom stereocenters. The van der Waals surface area contributed by atoms with E-state index in [1.807, 2.05) is 6.07 Å². The van der Waals surface area contributed by atoms with Crippen LogP contribution in [0.15, 0.2) is 22.5 Å². The van der Waals surface area contributed by atoms with Gasteiger partial charge < -0.3 is 30.7 Å². The molecule has 0 aromatic carbocycles. The van der Waals surface area contributed by atoms with E-state index in [-0.39, 0.29) is 59.7 Å². The van der Waals surface area contributed by atoms with E-state index in [9.17, 15) is 19.2 Å². The van der Waals surface area contributed by atoms with Crippen LogP contribution in [-0.2, 0) is 23.9 Å². The van der Waals surface area contributed by atoms with Gasteiger partial charge in [0.2, 0.25) is 17.5 Å². The maximum Gasteiger partial charge on any atom is 0.404 e. The number of Topliss-reactive ketones (excluding diaryl/α,β-unsaturated/α-hetero) is 2. The van der Waals surface area contributed by atoms with Crippen LogP contribution in [0.1, 0.15) is 26.2 Å². The number of amides is 2. The SMILES string of the molecule is CO[C@@]12[C@H](COC(N)=O)C3=C(C(=O)C(C)=C(N)C3=O)N1CC1[C@@H]2N1C(=O)CCCC#N. The van der Waals surface area contributed by atoms with Gasteiger partial charge in [0.05, 0.1) is 29.4 Å². The van der Waals surface area contributed by atoms with Crippen molar-refractivity contribution in [3.63, 3.8) is 0 Å². The molecule has 0 radical (unpaired) electrons. The van der Waals surface area contributed by atoms with Crippen LogP contribution in [0.3, 0.4) is 0 Å². The number of nitriles is 1. The molecule has 0 aromatic rings. The summed E-state index contributed by atoms with van der Waals surface area (Å²) in [4.78, 5) is 53.5. The summed E-state index contributed by atoms with van der Waals surface area (Å²) >= 11 is 0. The van der Waals surface area contributed by atoms with Gasteiger partial charge in [-0.3, -0.25) is 14.4 Å².